The summed E-state index contributed by atoms with van der Waals surface area (Å²) in [6, 6.07) is 12.3. The monoisotopic (exact) mass is 544 g/mol. The maximum atomic E-state index is 13.3. The van der Waals surface area contributed by atoms with E-state index in [4.69, 9.17) is 9.47 Å². The summed E-state index contributed by atoms with van der Waals surface area (Å²) in [5.41, 5.74) is 0.948. The minimum atomic E-state index is -0.553. The van der Waals surface area contributed by atoms with Crippen LogP contribution in [0.15, 0.2) is 61.1 Å². The molecular formula is C29H32N6O5. The van der Waals surface area contributed by atoms with Crippen molar-refractivity contribution in [2.45, 2.75) is 26.4 Å². The van der Waals surface area contributed by atoms with Gasteiger partial charge in [0.1, 0.15) is 22.9 Å². The standard InChI is InChI=1S/C29H32N6O5/c1-29(2,3)40-28(38)34-15-13-33(14-16-34)23-11-12-30-17-22(23)32-26(36)21-8-6-10-25(31-21)35-18-20-19(27(35)37)7-5-9-24(20)39-4/h5-12,17-18,37H,13-16H2,1-4H3,(H,32,36). The van der Waals surface area contributed by atoms with Crippen LogP contribution in [0.4, 0.5) is 16.2 Å². The van der Waals surface area contributed by atoms with Crippen molar-refractivity contribution in [1.29, 1.82) is 0 Å². The third-order valence-corrected chi connectivity index (χ3v) is 6.55. The van der Waals surface area contributed by atoms with Crippen LogP contribution in [-0.4, -0.2) is 75.4 Å². The predicted octanol–water partition coefficient (Wildman–Crippen LogP) is 4.44. The number of ether oxygens (including phenoxy) is 2. The molecule has 5 rings (SSSR count). The number of benzene rings is 1. The molecule has 11 heteroatoms. The number of fused-ring (bicyclic) bond motifs is 1. The first-order chi connectivity index (χ1) is 19.1. The van der Waals surface area contributed by atoms with Crippen LogP contribution in [0.5, 0.6) is 11.6 Å². The number of rotatable bonds is 5. The first kappa shape index (κ1) is 26.8. The number of amides is 2. The second-order valence-corrected chi connectivity index (χ2v) is 10.4. The molecule has 4 heterocycles. The van der Waals surface area contributed by atoms with Crippen molar-refractivity contribution in [3.05, 3.63) is 66.7 Å². The highest BCUT2D eigenvalue weighted by Gasteiger charge is 2.27. The number of anilines is 2. The Balaban J connectivity index is 1.32. The number of aromatic hydroxyl groups is 1. The quantitative estimate of drug-likeness (QED) is 0.378. The molecule has 208 valence electrons. The molecule has 0 bridgehead atoms. The van der Waals surface area contributed by atoms with Crippen LogP contribution in [-0.2, 0) is 4.74 Å². The minimum absolute atomic E-state index is 0.000900. The number of pyridine rings is 2. The lowest BCUT2D eigenvalue weighted by Gasteiger charge is -2.37. The number of carbonyl (C=O) groups is 2. The highest BCUT2D eigenvalue weighted by molar-refractivity contribution is 6.04. The van der Waals surface area contributed by atoms with Crippen molar-refractivity contribution in [1.82, 2.24) is 19.4 Å². The van der Waals surface area contributed by atoms with Crippen molar-refractivity contribution in [2.75, 3.05) is 43.5 Å². The van der Waals surface area contributed by atoms with Crippen molar-refractivity contribution >= 4 is 34.1 Å². The lowest BCUT2D eigenvalue weighted by molar-refractivity contribution is 0.0240. The Bertz CT molecular complexity index is 1550. The van der Waals surface area contributed by atoms with Gasteiger partial charge in [-0.15, -0.1) is 0 Å². The van der Waals surface area contributed by atoms with Gasteiger partial charge in [0.05, 0.1) is 24.7 Å². The molecule has 11 nitrogen and oxygen atoms in total. The topological polar surface area (TPSA) is 122 Å². The largest absolute Gasteiger partial charge is 0.496 e. The third-order valence-electron chi connectivity index (χ3n) is 6.55. The van der Waals surface area contributed by atoms with Crippen LogP contribution in [0.2, 0.25) is 0 Å². The van der Waals surface area contributed by atoms with Crippen molar-refractivity contribution in [3.63, 3.8) is 0 Å². The van der Waals surface area contributed by atoms with Gasteiger partial charge in [0.2, 0.25) is 5.88 Å². The number of carbonyl (C=O) groups excluding carboxylic acids is 2. The summed E-state index contributed by atoms with van der Waals surface area (Å²) in [5.74, 6) is 0.584. The fraction of sp³-hybridized carbons (Fsp3) is 0.310. The van der Waals surface area contributed by atoms with Gasteiger partial charge < -0.3 is 29.7 Å². The molecule has 40 heavy (non-hydrogen) atoms. The Morgan fingerprint density at radius 2 is 1.75 bits per heavy atom. The van der Waals surface area contributed by atoms with E-state index in [0.29, 0.717) is 48.8 Å². The molecule has 0 spiro atoms. The van der Waals surface area contributed by atoms with Gasteiger partial charge in [-0.25, -0.2) is 9.78 Å². The summed E-state index contributed by atoms with van der Waals surface area (Å²) in [7, 11) is 1.57. The fourth-order valence-electron chi connectivity index (χ4n) is 4.63. The highest BCUT2D eigenvalue weighted by Crippen LogP contribution is 2.35. The van der Waals surface area contributed by atoms with Gasteiger partial charge in [-0.05, 0) is 51.1 Å². The van der Waals surface area contributed by atoms with E-state index in [1.165, 1.54) is 4.57 Å². The van der Waals surface area contributed by atoms with Gasteiger partial charge in [0.15, 0.2) is 0 Å². The highest BCUT2D eigenvalue weighted by atomic mass is 16.6. The van der Waals surface area contributed by atoms with Crippen molar-refractivity contribution < 1.29 is 24.2 Å². The molecule has 2 N–H and O–H groups in total. The van der Waals surface area contributed by atoms with E-state index in [1.54, 1.807) is 60.9 Å². The second-order valence-electron chi connectivity index (χ2n) is 10.4. The number of nitrogens with one attached hydrogen (secondary N) is 1. The average molecular weight is 545 g/mol. The smallest absolute Gasteiger partial charge is 0.410 e. The second kappa shape index (κ2) is 10.8. The summed E-state index contributed by atoms with van der Waals surface area (Å²) >= 11 is 0. The molecule has 1 saturated heterocycles. The fourth-order valence-corrected chi connectivity index (χ4v) is 4.63. The van der Waals surface area contributed by atoms with Crippen molar-refractivity contribution in [3.8, 4) is 17.4 Å². The Morgan fingerprint density at radius 3 is 2.48 bits per heavy atom. The van der Waals surface area contributed by atoms with Gasteiger partial charge in [-0.3, -0.25) is 14.3 Å². The number of hydrogen-bond acceptors (Lipinski definition) is 8. The van der Waals surface area contributed by atoms with Gasteiger partial charge >= 0.3 is 6.09 Å². The van der Waals surface area contributed by atoms with E-state index in [9.17, 15) is 14.7 Å². The Labute approximate surface area is 232 Å². The molecule has 1 aliphatic heterocycles. The Kier molecular flexibility index (Phi) is 7.20. The van der Waals surface area contributed by atoms with Crippen LogP contribution in [0.1, 0.15) is 31.3 Å². The zero-order valence-electron chi connectivity index (χ0n) is 22.9. The maximum absolute atomic E-state index is 13.3. The molecular weight excluding hydrogens is 512 g/mol. The van der Waals surface area contributed by atoms with Crippen LogP contribution < -0.4 is 15.0 Å². The maximum Gasteiger partial charge on any atom is 0.410 e. The zero-order valence-corrected chi connectivity index (χ0v) is 22.9. The van der Waals surface area contributed by atoms with Crippen LogP contribution in [0, 0.1) is 0 Å². The molecule has 0 radical (unpaired) electrons. The first-order valence-electron chi connectivity index (χ1n) is 13.0. The van der Waals surface area contributed by atoms with E-state index in [1.807, 2.05) is 32.9 Å². The summed E-state index contributed by atoms with van der Waals surface area (Å²) in [4.78, 5) is 38.2. The zero-order chi connectivity index (χ0) is 28.4. The van der Waals surface area contributed by atoms with Gasteiger partial charge in [-0.1, -0.05) is 12.1 Å². The van der Waals surface area contributed by atoms with E-state index < -0.39 is 11.5 Å². The van der Waals surface area contributed by atoms with Gasteiger partial charge in [-0.2, -0.15) is 0 Å². The molecule has 2 amide bonds. The van der Waals surface area contributed by atoms with E-state index >= 15 is 0 Å². The van der Waals surface area contributed by atoms with E-state index in [-0.39, 0.29) is 17.7 Å². The number of hydrogen-bond donors (Lipinski definition) is 2. The molecule has 4 aromatic rings. The van der Waals surface area contributed by atoms with Crippen LogP contribution in [0.25, 0.3) is 16.6 Å². The van der Waals surface area contributed by atoms with E-state index in [0.717, 1.165) is 11.1 Å². The van der Waals surface area contributed by atoms with Gasteiger partial charge in [0, 0.05) is 49.3 Å². The Morgan fingerprint density at radius 1 is 1.00 bits per heavy atom. The number of methoxy groups -OCH3 is 1. The Hall–Kier alpha value is -4.80. The van der Waals surface area contributed by atoms with Crippen LogP contribution in [0.3, 0.4) is 0 Å². The first-order valence-corrected chi connectivity index (χ1v) is 13.0. The van der Waals surface area contributed by atoms with Gasteiger partial charge in [0.25, 0.3) is 5.91 Å². The molecule has 0 aliphatic carbocycles. The molecule has 1 aliphatic rings. The summed E-state index contributed by atoms with van der Waals surface area (Å²) in [6.45, 7) is 7.67. The molecule has 0 saturated carbocycles. The third kappa shape index (κ3) is 5.49. The minimum Gasteiger partial charge on any atom is -0.496 e. The molecule has 3 aromatic heterocycles. The van der Waals surface area contributed by atoms with Crippen molar-refractivity contribution in [2.24, 2.45) is 0 Å². The predicted molar refractivity (Wildman–Crippen MR) is 151 cm³/mol. The van der Waals surface area contributed by atoms with Crippen LogP contribution >= 0.6 is 0 Å². The van der Waals surface area contributed by atoms with E-state index in [2.05, 4.69) is 20.2 Å². The summed E-state index contributed by atoms with van der Waals surface area (Å²) < 4.78 is 12.4. The lowest BCUT2D eigenvalue weighted by Crippen LogP contribution is -2.50. The number of aromatic nitrogens is 3. The molecule has 0 unspecified atom stereocenters. The molecule has 1 fully saturated rings. The number of nitrogens with zero attached hydrogens (tertiary/aromatic N) is 5. The average Bonchev–Trinajstić information content (AvgIpc) is 3.29. The SMILES string of the molecule is COc1cccc2c(O)n(-c3cccc(C(=O)Nc4cnccc4N4CCN(C(=O)OC(C)(C)C)CC4)n3)cc12. The lowest BCUT2D eigenvalue weighted by atomic mass is 10.2. The summed E-state index contributed by atoms with van der Waals surface area (Å²) in [6.07, 6.45) is 4.65. The number of piperazine rings is 1. The summed E-state index contributed by atoms with van der Waals surface area (Å²) in [5, 5.41) is 15.1. The molecule has 1 aromatic carbocycles. The normalized spacial score (nSPS) is 13.8. The molecule has 0 atom stereocenters.